The molecule has 0 bridgehead atoms. The molecule has 2 aliphatic rings. The number of piperazine rings is 1. The summed E-state index contributed by atoms with van der Waals surface area (Å²) in [5.74, 6) is 1.32. The molecule has 1 aliphatic heterocycles. The van der Waals surface area contributed by atoms with E-state index in [1.54, 1.807) is 0 Å². The summed E-state index contributed by atoms with van der Waals surface area (Å²) in [4.78, 5) is 17.4. The lowest BCUT2D eigenvalue weighted by Crippen LogP contribution is -2.48. The van der Waals surface area contributed by atoms with Gasteiger partial charge in [-0.1, -0.05) is 36.4 Å². The first-order valence-electron chi connectivity index (χ1n) is 10.7. The second-order valence-electron chi connectivity index (χ2n) is 8.12. The minimum Gasteiger partial charge on any atom is -0.369 e. The zero-order valence-corrected chi connectivity index (χ0v) is 17.1. The molecule has 154 valence electrons. The van der Waals surface area contributed by atoms with Crippen LogP contribution in [-0.2, 0) is 4.79 Å². The molecule has 0 unspecified atom stereocenters. The Morgan fingerprint density at radius 3 is 2.17 bits per heavy atom. The van der Waals surface area contributed by atoms with Gasteiger partial charge < -0.3 is 10.2 Å². The maximum Gasteiger partial charge on any atom is 0.239 e. The third kappa shape index (κ3) is 4.24. The Bertz CT molecular complexity index is 989. The van der Waals surface area contributed by atoms with Crippen molar-refractivity contribution in [2.75, 3.05) is 42.9 Å². The molecule has 0 atom stereocenters. The average molecular weight is 402 g/mol. The van der Waals surface area contributed by atoms with E-state index in [2.05, 4.69) is 39.4 Å². The lowest BCUT2D eigenvalue weighted by Gasteiger charge is -2.35. The molecule has 1 aromatic heterocycles. The zero-order chi connectivity index (χ0) is 20.3. The van der Waals surface area contributed by atoms with Gasteiger partial charge in [0, 0.05) is 43.9 Å². The Morgan fingerprint density at radius 2 is 1.53 bits per heavy atom. The van der Waals surface area contributed by atoms with E-state index in [0.29, 0.717) is 12.5 Å². The summed E-state index contributed by atoms with van der Waals surface area (Å²) in [6, 6.07) is 22.5. The summed E-state index contributed by atoms with van der Waals surface area (Å²) in [5.41, 5.74) is 3.29. The third-order valence-corrected chi connectivity index (χ3v) is 5.85. The van der Waals surface area contributed by atoms with Crippen molar-refractivity contribution in [2.24, 2.45) is 0 Å². The molecule has 1 saturated carbocycles. The first-order valence-corrected chi connectivity index (χ1v) is 10.7. The highest BCUT2D eigenvalue weighted by atomic mass is 16.2. The van der Waals surface area contributed by atoms with Gasteiger partial charge in [0.05, 0.1) is 17.9 Å². The van der Waals surface area contributed by atoms with Crippen LogP contribution < -0.4 is 10.2 Å². The molecule has 1 saturated heterocycles. The fourth-order valence-corrected chi connectivity index (χ4v) is 4.02. The predicted molar refractivity (Wildman–Crippen MR) is 119 cm³/mol. The number of nitrogens with zero attached hydrogens (tertiary/aromatic N) is 4. The molecule has 1 N–H and O–H groups in total. The van der Waals surface area contributed by atoms with E-state index in [0.717, 1.165) is 43.4 Å². The van der Waals surface area contributed by atoms with E-state index >= 15 is 0 Å². The van der Waals surface area contributed by atoms with Crippen molar-refractivity contribution in [1.82, 2.24) is 14.7 Å². The quantitative estimate of drug-likeness (QED) is 0.687. The number of benzene rings is 2. The molecule has 5 rings (SSSR count). The zero-order valence-electron chi connectivity index (χ0n) is 17.1. The average Bonchev–Trinajstić information content (AvgIpc) is 3.56. The van der Waals surface area contributed by atoms with Gasteiger partial charge in [-0.3, -0.25) is 9.69 Å². The van der Waals surface area contributed by atoms with Crippen molar-refractivity contribution in [3.63, 3.8) is 0 Å². The van der Waals surface area contributed by atoms with E-state index in [4.69, 9.17) is 5.10 Å². The first-order chi connectivity index (χ1) is 14.8. The monoisotopic (exact) mass is 401 g/mol. The maximum atomic E-state index is 12.8. The van der Waals surface area contributed by atoms with Crippen LogP contribution in [0, 0.1) is 0 Å². The Balaban J connectivity index is 1.22. The smallest absolute Gasteiger partial charge is 0.239 e. The molecule has 2 heterocycles. The Kier molecular flexibility index (Phi) is 5.24. The van der Waals surface area contributed by atoms with E-state index in [1.807, 2.05) is 47.1 Å². The van der Waals surface area contributed by atoms with Crippen molar-refractivity contribution in [1.29, 1.82) is 0 Å². The highest BCUT2D eigenvalue weighted by Crippen LogP contribution is 2.40. The number of aromatic nitrogens is 2. The topological polar surface area (TPSA) is 53.4 Å². The number of carbonyl (C=O) groups is 1. The Hall–Kier alpha value is -3.12. The largest absolute Gasteiger partial charge is 0.369 e. The predicted octanol–water partition coefficient (Wildman–Crippen LogP) is 3.51. The molecule has 0 radical (unpaired) electrons. The number of hydrogen-bond donors (Lipinski definition) is 1. The molecule has 6 heteroatoms. The van der Waals surface area contributed by atoms with E-state index in [9.17, 15) is 4.79 Å². The van der Waals surface area contributed by atoms with Crippen LogP contribution >= 0.6 is 0 Å². The van der Waals surface area contributed by atoms with Gasteiger partial charge in [-0.2, -0.15) is 5.10 Å². The summed E-state index contributed by atoms with van der Waals surface area (Å²) >= 11 is 0. The van der Waals surface area contributed by atoms with Crippen LogP contribution in [-0.4, -0.2) is 53.3 Å². The van der Waals surface area contributed by atoms with Crippen LogP contribution in [0.5, 0.6) is 0 Å². The van der Waals surface area contributed by atoms with Gasteiger partial charge in [0.25, 0.3) is 0 Å². The number of para-hydroxylation sites is 2. The van der Waals surface area contributed by atoms with Crippen LogP contribution in [0.2, 0.25) is 0 Å². The van der Waals surface area contributed by atoms with Crippen LogP contribution in [0.4, 0.5) is 11.5 Å². The van der Waals surface area contributed by atoms with Crippen LogP contribution in [0.15, 0.2) is 66.7 Å². The van der Waals surface area contributed by atoms with Gasteiger partial charge in [0.2, 0.25) is 5.91 Å². The molecular weight excluding hydrogens is 374 g/mol. The number of anilines is 2. The normalized spacial score (nSPS) is 17.1. The molecule has 1 aliphatic carbocycles. The maximum absolute atomic E-state index is 12.8. The fraction of sp³-hybridized carbons (Fsp3) is 0.333. The SMILES string of the molecule is O=C(CN1CCN(c2ccccc2)CC1)Nc1cc(C2CC2)nn1-c1ccccc1. The first kappa shape index (κ1) is 18.9. The molecule has 3 aromatic rings. The molecule has 30 heavy (non-hydrogen) atoms. The molecular formula is C24H27N5O. The number of amides is 1. The van der Waals surface area contributed by atoms with Gasteiger partial charge >= 0.3 is 0 Å². The van der Waals surface area contributed by atoms with Gasteiger partial charge in [0.15, 0.2) is 0 Å². The number of hydrogen-bond acceptors (Lipinski definition) is 4. The van der Waals surface area contributed by atoms with Gasteiger partial charge in [0.1, 0.15) is 5.82 Å². The molecule has 6 nitrogen and oxygen atoms in total. The molecule has 2 aromatic carbocycles. The highest BCUT2D eigenvalue weighted by molar-refractivity contribution is 5.91. The van der Waals surface area contributed by atoms with Gasteiger partial charge in [-0.05, 0) is 37.1 Å². The number of nitrogens with one attached hydrogen (secondary N) is 1. The van der Waals surface area contributed by atoms with Crippen LogP contribution in [0.3, 0.4) is 0 Å². The Morgan fingerprint density at radius 1 is 0.900 bits per heavy atom. The Labute approximate surface area is 177 Å². The summed E-state index contributed by atoms with van der Waals surface area (Å²) < 4.78 is 1.86. The van der Waals surface area contributed by atoms with E-state index < -0.39 is 0 Å². The molecule has 0 spiro atoms. The van der Waals surface area contributed by atoms with Crippen molar-refractivity contribution in [3.8, 4) is 5.69 Å². The summed E-state index contributed by atoms with van der Waals surface area (Å²) in [7, 11) is 0. The fourth-order valence-electron chi connectivity index (χ4n) is 4.02. The van der Waals surface area contributed by atoms with Crippen LogP contribution in [0.25, 0.3) is 5.69 Å². The van der Waals surface area contributed by atoms with E-state index in [-0.39, 0.29) is 5.91 Å². The lowest BCUT2D eigenvalue weighted by molar-refractivity contribution is -0.117. The molecule has 1 amide bonds. The third-order valence-electron chi connectivity index (χ3n) is 5.85. The number of carbonyl (C=O) groups excluding carboxylic acids is 1. The van der Waals surface area contributed by atoms with Crippen molar-refractivity contribution >= 4 is 17.4 Å². The minimum atomic E-state index is 0.0163. The van der Waals surface area contributed by atoms with Crippen molar-refractivity contribution in [2.45, 2.75) is 18.8 Å². The van der Waals surface area contributed by atoms with Crippen molar-refractivity contribution in [3.05, 3.63) is 72.4 Å². The van der Waals surface area contributed by atoms with Gasteiger partial charge in [-0.25, -0.2) is 4.68 Å². The summed E-state index contributed by atoms with van der Waals surface area (Å²) in [6.07, 6.45) is 2.37. The second-order valence-corrected chi connectivity index (χ2v) is 8.12. The lowest BCUT2D eigenvalue weighted by atomic mass is 10.2. The summed E-state index contributed by atoms with van der Waals surface area (Å²) in [5, 5.41) is 7.88. The minimum absolute atomic E-state index is 0.0163. The van der Waals surface area contributed by atoms with Crippen LogP contribution in [0.1, 0.15) is 24.5 Å². The van der Waals surface area contributed by atoms with E-state index in [1.165, 1.54) is 18.5 Å². The van der Waals surface area contributed by atoms with Gasteiger partial charge in [-0.15, -0.1) is 0 Å². The highest BCUT2D eigenvalue weighted by Gasteiger charge is 2.28. The second kappa shape index (κ2) is 8.32. The van der Waals surface area contributed by atoms with Crippen molar-refractivity contribution < 1.29 is 4.79 Å². The standard InChI is InChI=1S/C24H27N5O/c30-24(18-27-13-15-28(16-14-27)20-7-3-1-4-8-20)25-23-17-22(19-11-12-19)26-29(23)21-9-5-2-6-10-21/h1-10,17,19H,11-16,18H2,(H,25,30). The summed E-state index contributed by atoms with van der Waals surface area (Å²) in [6.45, 7) is 4.04. The number of rotatable bonds is 6. The molecule has 2 fully saturated rings.